The van der Waals surface area contributed by atoms with E-state index in [0.717, 1.165) is 19.3 Å². The van der Waals surface area contributed by atoms with Crippen molar-refractivity contribution in [3.63, 3.8) is 0 Å². The molecule has 0 spiro atoms. The molecule has 0 saturated carbocycles. The van der Waals surface area contributed by atoms with Crippen LogP contribution >= 0.6 is 0 Å². The van der Waals surface area contributed by atoms with Crippen LogP contribution in [-0.2, 0) is 4.79 Å². The third-order valence-corrected chi connectivity index (χ3v) is 1.24. The SMILES string of the molecule is CCCCCCC(=O)O.F. The molecule has 0 aromatic heterocycles. The van der Waals surface area contributed by atoms with E-state index >= 15 is 0 Å². The molecule has 0 aromatic rings. The van der Waals surface area contributed by atoms with Gasteiger partial charge in [0.25, 0.3) is 0 Å². The number of carboxylic acid groups (broad SMARTS) is 1. The Hall–Kier alpha value is -0.600. The van der Waals surface area contributed by atoms with E-state index < -0.39 is 5.97 Å². The number of hydrogen-bond acceptors (Lipinski definition) is 1. The topological polar surface area (TPSA) is 37.3 Å². The zero-order valence-electron chi connectivity index (χ0n) is 6.30. The summed E-state index contributed by atoms with van der Waals surface area (Å²) in [5.41, 5.74) is 0. The number of hydrogen-bond donors (Lipinski definition) is 1. The molecule has 1 N–H and O–H groups in total. The van der Waals surface area contributed by atoms with Crippen LogP contribution in [0.1, 0.15) is 39.0 Å². The second-order valence-electron chi connectivity index (χ2n) is 2.20. The maximum absolute atomic E-state index is 9.96. The van der Waals surface area contributed by atoms with Crippen LogP contribution in [0.3, 0.4) is 0 Å². The molecule has 0 amide bonds. The lowest BCUT2D eigenvalue weighted by atomic mass is 10.2. The number of unbranched alkanes of at least 4 members (excludes halogenated alkanes) is 3. The van der Waals surface area contributed by atoms with Crippen molar-refractivity contribution < 1.29 is 14.6 Å². The Kier molecular flexibility index (Phi) is 10.2. The third-order valence-electron chi connectivity index (χ3n) is 1.24. The van der Waals surface area contributed by atoms with Gasteiger partial charge in [-0.15, -0.1) is 0 Å². The monoisotopic (exact) mass is 150 g/mol. The van der Waals surface area contributed by atoms with E-state index in [1.165, 1.54) is 6.42 Å². The summed E-state index contributed by atoms with van der Waals surface area (Å²) in [5, 5.41) is 8.21. The Balaban J connectivity index is 0. The fourth-order valence-electron chi connectivity index (χ4n) is 0.703. The van der Waals surface area contributed by atoms with Gasteiger partial charge in [0.15, 0.2) is 0 Å². The minimum Gasteiger partial charge on any atom is -0.481 e. The molecule has 62 valence electrons. The molecule has 0 aliphatic rings. The lowest BCUT2D eigenvalue weighted by Gasteiger charge is -1.92. The zero-order valence-corrected chi connectivity index (χ0v) is 6.30. The van der Waals surface area contributed by atoms with Gasteiger partial charge < -0.3 is 5.11 Å². The van der Waals surface area contributed by atoms with Crippen molar-refractivity contribution in [2.24, 2.45) is 0 Å². The molecule has 0 aromatic carbocycles. The first kappa shape index (κ1) is 12.1. The zero-order chi connectivity index (χ0) is 7.11. The summed E-state index contributed by atoms with van der Waals surface area (Å²) in [7, 11) is 0. The Morgan fingerprint density at radius 2 is 1.90 bits per heavy atom. The molecule has 0 unspecified atom stereocenters. The van der Waals surface area contributed by atoms with E-state index in [1.54, 1.807) is 0 Å². The lowest BCUT2D eigenvalue weighted by molar-refractivity contribution is -0.137. The second-order valence-corrected chi connectivity index (χ2v) is 2.20. The summed E-state index contributed by atoms with van der Waals surface area (Å²) >= 11 is 0. The van der Waals surface area contributed by atoms with E-state index in [1.807, 2.05) is 0 Å². The van der Waals surface area contributed by atoms with Gasteiger partial charge in [-0.05, 0) is 6.42 Å². The Labute approximate surface area is 60.6 Å². The summed E-state index contributed by atoms with van der Waals surface area (Å²) in [5.74, 6) is -0.675. The van der Waals surface area contributed by atoms with Crippen molar-refractivity contribution in [3.05, 3.63) is 0 Å². The molecular weight excluding hydrogens is 135 g/mol. The van der Waals surface area contributed by atoms with Crippen LogP contribution < -0.4 is 0 Å². The quantitative estimate of drug-likeness (QED) is 0.610. The first-order chi connectivity index (χ1) is 4.27. The number of halogens is 1. The van der Waals surface area contributed by atoms with Crippen LogP contribution in [0.15, 0.2) is 0 Å². The van der Waals surface area contributed by atoms with Crippen molar-refractivity contribution in [2.45, 2.75) is 39.0 Å². The molecular formula is C7H15FO2. The van der Waals surface area contributed by atoms with E-state index in [2.05, 4.69) is 6.92 Å². The van der Waals surface area contributed by atoms with Gasteiger partial charge in [-0.2, -0.15) is 0 Å². The number of carbonyl (C=O) groups is 1. The van der Waals surface area contributed by atoms with Gasteiger partial charge in [0.05, 0.1) is 0 Å². The first-order valence-electron chi connectivity index (χ1n) is 3.49. The molecule has 0 bridgehead atoms. The molecule has 0 atom stereocenters. The highest BCUT2D eigenvalue weighted by Crippen LogP contribution is 2.01. The van der Waals surface area contributed by atoms with Gasteiger partial charge in [-0.25, -0.2) is 0 Å². The fourth-order valence-corrected chi connectivity index (χ4v) is 0.703. The maximum Gasteiger partial charge on any atom is 0.303 e. The van der Waals surface area contributed by atoms with Crippen LogP contribution in [0.2, 0.25) is 0 Å². The fraction of sp³-hybridized carbons (Fsp3) is 0.857. The van der Waals surface area contributed by atoms with Crippen molar-refractivity contribution in [1.82, 2.24) is 0 Å². The molecule has 2 nitrogen and oxygen atoms in total. The highest BCUT2D eigenvalue weighted by Gasteiger charge is 1.93. The minimum atomic E-state index is -0.675. The summed E-state index contributed by atoms with van der Waals surface area (Å²) < 4.78 is 0. The molecule has 0 fully saturated rings. The molecule has 0 heterocycles. The third kappa shape index (κ3) is 10.4. The Morgan fingerprint density at radius 3 is 2.30 bits per heavy atom. The predicted octanol–water partition coefficient (Wildman–Crippen LogP) is 2.19. The molecule has 3 heteroatoms. The van der Waals surface area contributed by atoms with Crippen molar-refractivity contribution >= 4 is 5.97 Å². The second kappa shape index (κ2) is 8.40. The number of rotatable bonds is 5. The normalized spacial score (nSPS) is 8.50. The van der Waals surface area contributed by atoms with E-state index in [-0.39, 0.29) is 4.70 Å². The number of aliphatic carboxylic acids is 1. The first-order valence-corrected chi connectivity index (χ1v) is 3.49. The molecule has 0 radical (unpaired) electrons. The van der Waals surface area contributed by atoms with Crippen LogP contribution in [0.5, 0.6) is 0 Å². The summed E-state index contributed by atoms with van der Waals surface area (Å²) in [4.78, 5) is 9.96. The van der Waals surface area contributed by atoms with E-state index in [9.17, 15) is 4.79 Å². The van der Waals surface area contributed by atoms with Gasteiger partial charge in [0.2, 0.25) is 0 Å². The van der Waals surface area contributed by atoms with Gasteiger partial charge in [0, 0.05) is 6.42 Å². The van der Waals surface area contributed by atoms with Crippen molar-refractivity contribution in [1.29, 1.82) is 0 Å². The lowest BCUT2D eigenvalue weighted by Crippen LogP contribution is -1.92. The number of carboxylic acids is 1. The predicted molar refractivity (Wildman–Crippen MR) is 38.9 cm³/mol. The summed E-state index contributed by atoms with van der Waals surface area (Å²) in [6.45, 7) is 2.11. The molecule has 0 aliphatic carbocycles. The highest BCUT2D eigenvalue weighted by molar-refractivity contribution is 5.66. The summed E-state index contributed by atoms with van der Waals surface area (Å²) in [6.07, 6.45) is 4.55. The average Bonchev–Trinajstić information content (AvgIpc) is 1.80. The van der Waals surface area contributed by atoms with Crippen LogP contribution in [0, 0.1) is 0 Å². The van der Waals surface area contributed by atoms with Gasteiger partial charge in [-0.3, -0.25) is 9.50 Å². The Morgan fingerprint density at radius 1 is 1.30 bits per heavy atom. The highest BCUT2D eigenvalue weighted by atomic mass is 19.0. The molecule has 0 saturated heterocycles. The van der Waals surface area contributed by atoms with E-state index in [4.69, 9.17) is 5.11 Å². The van der Waals surface area contributed by atoms with Gasteiger partial charge >= 0.3 is 5.97 Å². The van der Waals surface area contributed by atoms with Crippen molar-refractivity contribution in [3.8, 4) is 0 Å². The molecule has 0 rings (SSSR count). The molecule has 10 heavy (non-hydrogen) atoms. The molecule has 0 aliphatic heterocycles. The Bertz CT molecular complexity index is 83.7. The smallest absolute Gasteiger partial charge is 0.303 e. The minimum absolute atomic E-state index is 0. The standard InChI is InChI=1S/C7H14O2.FH/c1-2-3-4-5-6-7(8)9;/h2-6H2,1H3,(H,8,9);1H. The largest absolute Gasteiger partial charge is 0.481 e. The van der Waals surface area contributed by atoms with Crippen LogP contribution in [0.4, 0.5) is 4.70 Å². The average molecular weight is 150 g/mol. The van der Waals surface area contributed by atoms with Crippen LogP contribution in [0.25, 0.3) is 0 Å². The summed E-state index contributed by atoms with van der Waals surface area (Å²) in [6, 6.07) is 0. The maximum atomic E-state index is 9.96. The van der Waals surface area contributed by atoms with Gasteiger partial charge in [0.1, 0.15) is 0 Å². The van der Waals surface area contributed by atoms with Gasteiger partial charge in [-0.1, -0.05) is 26.2 Å². The van der Waals surface area contributed by atoms with E-state index in [0.29, 0.717) is 6.42 Å². The van der Waals surface area contributed by atoms with Crippen LogP contribution in [-0.4, -0.2) is 11.1 Å². The van der Waals surface area contributed by atoms with Crippen molar-refractivity contribution in [2.75, 3.05) is 0 Å².